The molecule has 0 fully saturated rings. The maximum absolute atomic E-state index is 12.0. The Labute approximate surface area is 86.1 Å². The summed E-state index contributed by atoms with van der Waals surface area (Å²) in [5, 5.41) is 18.0. The number of hydrogen-bond donors (Lipinski definition) is 2. The summed E-state index contributed by atoms with van der Waals surface area (Å²) in [6, 6.07) is 3.41. The van der Waals surface area contributed by atoms with E-state index in [1.807, 2.05) is 0 Å². The highest BCUT2D eigenvalue weighted by Gasteiger charge is 2.40. The number of aliphatic hydroxyl groups is 1. The fourth-order valence-corrected chi connectivity index (χ4v) is 1.27. The van der Waals surface area contributed by atoms with Crippen LogP contribution in [0.15, 0.2) is 22.7 Å². The Hall–Kier alpha value is -0.750. The van der Waals surface area contributed by atoms with E-state index in [1.54, 1.807) is 0 Å². The lowest BCUT2D eigenvalue weighted by molar-refractivity contribution is -0.207. The van der Waals surface area contributed by atoms with Crippen molar-refractivity contribution in [2.75, 3.05) is 0 Å². The van der Waals surface area contributed by atoms with Gasteiger partial charge in [0.05, 0.1) is 0 Å². The van der Waals surface area contributed by atoms with E-state index in [4.69, 9.17) is 10.2 Å². The monoisotopic (exact) mass is 270 g/mol. The van der Waals surface area contributed by atoms with Crippen molar-refractivity contribution in [1.82, 2.24) is 0 Å². The Morgan fingerprint density at radius 1 is 1.29 bits per heavy atom. The van der Waals surface area contributed by atoms with Crippen LogP contribution in [-0.2, 0) is 0 Å². The second kappa shape index (κ2) is 3.78. The lowest BCUT2D eigenvalue weighted by Gasteiger charge is -2.15. The van der Waals surface area contributed by atoms with Gasteiger partial charge in [-0.3, -0.25) is 0 Å². The van der Waals surface area contributed by atoms with Crippen LogP contribution in [0, 0.1) is 0 Å². The van der Waals surface area contributed by atoms with Gasteiger partial charge in [-0.2, -0.15) is 13.2 Å². The summed E-state index contributed by atoms with van der Waals surface area (Å²) >= 11 is 2.97. The van der Waals surface area contributed by atoms with Gasteiger partial charge in [-0.1, -0.05) is 22.0 Å². The minimum Gasteiger partial charge on any atom is -0.508 e. The van der Waals surface area contributed by atoms with E-state index in [2.05, 4.69) is 15.9 Å². The summed E-state index contributed by atoms with van der Waals surface area (Å²) in [5.74, 6) is -0.593. The molecular formula is C8H6BrF3O2. The fourth-order valence-electron chi connectivity index (χ4n) is 0.924. The van der Waals surface area contributed by atoms with Crippen molar-refractivity contribution in [3.8, 4) is 5.75 Å². The van der Waals surface area contributed by atoms with Crippen LogP contribution in [-0.4, -0.2) is 16.4 Å². The average Bonchev–Trinajstić information content (AvgIpc) is 2.01. The average molecular weight is 271 g/mol. The van der Waals surface area contributed by atoms with E-state index >= 15 is 0 Å². The SMILES string of the molecule is Oc1cc(Br)ccc1[C@@H](O)C(F)(F)F. The summed E-state index contributed by atoms with van der Waals surface area (Å²) in [5.41, 5.74) is -0.555. The first kappa shape index (κ1) is 11.3. The fraction of sp³-hybridized carbons (Fsp3) is 0.250. The molecule has 0 amide bonds. The Morgan fingerprint density at radius 3 is 2.29 bits per heavy atom. The molecule has 0 saturated heterocycles. The highest BCUT2D eigenvalue weighted by Crippen LogP contribution is 2.37. The van der Waals surface area contributed by atoms with Crippen LogP contribution in [0.2, 0.25) is 0 Å². The van der Waals surface area contributed by atoms with Gasteiger partial charge in [0.25, 0.3) is 0 Å². The lowest BCUT2D eigenvalue weighted by atomic mass is 10.1. The number of hydrogen-bond acceptors (Lipinski definition) is 2. The molecule has 1 rings (SSSR count). The number of halogens is 4. The second-order valence-electron chi connectivity index (χ2n) is 2.65. The first-order chi connectivity index (χ1) is 6.32. The van der Waals surface area contributed by atoms with Crippen molar-refractivity contribution < 1.29 is 23.4 Å². The van der Waals surface area contributed by atoms with E-state index in [0.29, 0.717) is 4.47 Å². The van der Waals surface area contributed by atoms with E-state index in [0.717, 1.165) is 12.1 Å². The van der Waals surface area contributed by atoms with Crippen molar-refractivity contribution in [3.05, 3.63) is 28.2 Å². The van der Waals surface area contributed by atoms with Crippen LogP contribution in [0.3, 0.4) is 0 Å². The summed E-state index contributed by atoms with van der Waals surface area (Å²) in [4.78, 5) is 0. The molecule has 0 radical (unpaired) electrons. The second-order valence-corrected chi connectivity index (χ2v) is 3.56. The van der Waals surface area contributed by atoms with Gasteiger partial charge in [0.1, 0.15) is 5.75 Å². The molecule has 0 saturated carbocycles. The maximum atomic E-state index is 12.0. The summed E-state index contributed by atoms with van der Waals surface area (Å²) < 4.78 is 36.6. The van der Waals surface area contributed by atoms with Crippen LogP contribution in [0.25, 0.3) is 0 Å². The van der Waals surface area contributed by atoms with Crippen molar-refractivity contribution in [2.24, 2.45) is 0 Å². The van der Waals surface area contributed by atoms with Crippen molar-refractivity contribution >= 4 is 15.9 Å². The number of phenols is 1. The van der Waals surface area contributed by atoms with Crippen LogP contribution in [0.5, 0.6) is 5.75 Å². The van der Waals surface area contributed by atoms with E-state index in [-0.39, 0.29) is 0 Å². The molecule has 0 heterocycles. The highest BCUT2D eigenvalue weighted by atomic mass is 79.9. The zero-order chi connectivity index (χ0) is 10.9. The highest BCUT2D eigenvalue weighted by molar-refractivity contribution is 9.10. The molecule has 0 aliphatic carbocycles. The Morgan fingerprint density at radius 2 is 1.86 bits per heavy atom. The molecule has 0 bridgehead atoms. The Bertz CT molecular complexity index is 338. The molecule has 6 heteroatoms. The van der Waals surface area contributed by atoms with Gasteiger partial charge in [-0.15, -0.1) is 0 Å². The topological polar surface area (TPSA) is 40.5 Å². The number of aliphatic hydroxyl groups excluding tert-OH is 1. The number of alkyl halides is 3. The number of benzene rings is 1. The number of phenolic OH excluding ortho intramolecular Hbond substituents is 1. The third kappa shape index (κ3) is 2.39. The molecule has 0 aromatic heterocycles. The predicted octanol–water partition coefficient (Wildman–Crippen LogP) is 2.75. The molecule has 0 unspecified atom stereocenters. The van der Waals surface area contributed by atoms with E-state index < -0.39 is 23.6 Å². The molecule has 0 aliphatic rings. The lowest BCUT2D eigenvalue weighted by Crippen LogP contribution is -2.20. The van der Waals surface area contributed by atoms with Gasteiger partial charge in [-0.05, 0) is 12.1 Å². The van der Waals surface area contributed by atoms with Crippen LogP contribution in [0.4, 0.5) is 13.2 Å². The summed E-state index contributed by atoms with van der Waals surface area (Å²) in [7, 11) is 0. The van der Waals surface area contributed by atoms with Crippen LogP contribution >= 0.6 is 15.9 Å². The van der Waals surface area contributed by atoms with Gasteiger partial charge in [-0.25, -0.2) is 0 Å². The minimum atomic E-state index is -4.77. The van der Waals surface area contributed by atoms with Crippen molar-refractivity contribution in [1.29, 1.82) is 0 Å². The summed E-state index contributed by atoms with van der Waals surface area (Å²) in [6.45, 7) is 0. The quantitative estimate of drug-likeness (QED) is 0.824. The molecule has 14 heavy (non-hydrogen) atoms. The van der Waals surface area contributed by atoms with E-state index in [1.165, 1.54) is 6.07 Å². The van der Waals surface area contributed by atoms with Crippen molar-refractivity contribution in [3.63, 3.8) is 0 Å². The minimum absolute atomic E-state index is 0.438. The smallest absolute Gasteiger partial charge is 0.418 e. The van der Waals surface area contributed by atoms with Gasteiger partial charge < -0.3 is 10.2 Å². The third-order valence-corrected chi connectivity index (χ3v) is 2.09. The maximum Gasteiger partial charge on any atom is 0.418 e. The number of aromatic hydroxyl groups is 1. The molecule has 1 aromatic rings. The summed E-state index contributed by atoms with van der Waals surface area (Å²) in [6.07, 6.45) is -7.43. The van der Waals surface area contributed by atoms with Crippen LogP contribution < -0.4 is 0 Å². The molecule has 2 N–H and O–H groups in total. The molecular weight excluding hydrogens is 265 g/mol. The number of rotatable bonds is 1. The molecule has 2 nitrogen and oxygen atoms in total. The Balaban J connectivity index is 3.08. The molecule has 1 atom stereocenters. The van der Waals surface area contributed by atoms with Gasteiger partial charge in [0, 0.05) is 10.0 Å². The third-order valence-electron chi connectivity index (χ3n) is 1.60. The largest absolute Gasteiger partial charge is 0.508 e. The standard InChI is InChI=1S/C8H6BrF3O2/c9-4-1-2-5(6(13)3-4)7(14)8(10,11)12/h1-3,7,13-14H/t7-/m1/s1. The zero-order valence-corrected chi connectivity index (χ0v) is 8.30. The predicted molar refractivity (Wildman–Crippen MR) is 46.8 cm³/mol. The molecule has 0 spiro atoms. The van der Waals surface area contributed by atoms with E-state index in [9.17, 15) is 13.2 Å². The molecule has 0 aliphatic heterocycles. The first-order valence-electron chi connectivity index (χ1n) is 3.55. The van der Waals surface area contributed by atoms with Gasteiger partial charge in [0.15, 0.2) is 6.10 Å². The normalized spacial score (nSPS) is 14.1. The zero-order valence-electron chi connectivity index (χ0n) is 6.72. The van der Waals surface area contributed by atoms with Gasteiger partial charge >= 0.3 is 6.18 Å². The Kier molecular flexibility index (Phi) is 3.06. The van der Waals surface area contributed by atoms with Gasteiger partial charge in [0.2, 0.25) is 0 Å². The molecule has 78 valence electrons. The van der Waals surface area contributed by atoms with Crippen LogP contribution in [0.1, 0.15) is 11.7 Å². The molecule has 1 aromatic carbocycles. The first-order valence-corrected chi connectivity index (χ1v) is 4.35. The van der Waals surface area contributed by atoms with Crippen molar-refractivity contribution in [2.45, 2.75) is 12.3 Å².